The van der Waals surface area contributed by atoms with E-state index >= 15 is 0 Å². The predicted molar refractivity (Wildman–Crippen MR) is 66.4 cm³/mol. The van der Waals surface area contributed by atoms with Gasteiger partial charge in [0.25, 0.3) is 0 Å². The van der Waals surface area contributed by atoms with Gasteiger partial charge in [-0.15, -0.1) is 0 Å². The van der Waals surface area contributed by atoms with Gasteiger partial charge in [0.05, 0.1) is 0 Å². The molecule has 2 aliphatic rings. The molecule has 94 valence electrons. The van der Waals surface area contributed by atoms with Gasteiger partial charge in [-0.1, -0.05) is 6.42 Å². The number of nitrogens with one attached hydrogen (secondary N) is 1. The van der Waals surface area contributed by atoms with Crippen LogP contribution in [-0.4, -0.2) is 31.8 Å². The molecule has 2 aliphatic carbocycles. The Morgan fingerprint density at radius 1 is 1.19 bits per heavy atom. The number of hydrogen-bond donors (Lipinski definition) is 2. The third-order valence-corrected chi connectivity index (χ3v) is 3.66. The van der Waals surface area contributed by atoms with Crippen LogP contribution >= 0.6 is 0 Å². The van der Waals surface area contributed by atoms with E-state index in [1.807, 2.05) is 0 Å². The first-order chi connectivity index (χ1) is 7.84. The van der Waals surface area contributed by atoms with Crippen LogP contribution in [0.1, 0.15) is 44.9 Å². The molecule has 2 unspecified atom stereocenters. The molecular weight excluding hydrogens is 200 g/mol. The van der Waals surface area contributed by atoms with Crippen molar-refractivity contribution in [2.45, 2.75) is 57.0 Å². The lowest BCUT2D eigenvalue weighted by molar-refractivity contribution is 0.121. The van der Waals surface area contributed by atoms with E-state index in [0.29, 0.717) is 12.1 Å². The van der Waals surface area contributed by atoms with Crippen LogP contribution in [0.15, 0.2) is 0 Å². The first-order valence-corrected chi connectivity index (χ1v) is 6.91. The van der Waals surface area contributed by atoms with Gasteiger partial charge in [-0.2, -0.15) is 0 Å². The lowest BCUT2D eigenvalue weighted by Crippen LogP contribution is -2.39. The van der Waals surface area contributed by atoms with Crippen LogP contribution in [0.2, 0.25) is 0 Å². The highest BCUT2D eigenvalue weighted by molar-refractivity contribution is 4.79. The summed E-state index contributed by atoms with van der Waals surface area (Å²) in [6, 6.07) is 1.09. The first kappa shape index (κ1) is 12.3. The average molecular weight is 226 g/mol. The van der Waals surface area contributed by atoms with E-state index in [-0.39, 0.29) is 0 Å². The fourth-order valence-electron chi connectivity index (χ4n) is 2.43. The van der Waals surface area contributed by atoms with Crippen molar-refractivity contribution >= 4 is 0 Å². The number of hydrogen-bond acceptors (Lipinski definition) is 3. The summed E-state index contributed by atoms with van der Waals surface area (Å²) in [6.45, 7) is 3.00. The van der Waals surface area contributed by atoms with Gasteiger partial charge in [-0.05, 0) is 51.0 Å². The second-order valence-electron chi connectivity index (χ2n) is 5.45. The highest BCUT2D eigenvalue weighted by Gasteiger charge is 2.21. The molecule has 0 saturated heterocycles. The van der Waals surface area contributed by atoms with E-state index < -0.39 is 0 Å². The van der Waals surface area contributed by atoms with Crippen LogP contribution in [0.25, 0.3) is 0 Å². The molecule has 2 saturated carbocycles. The topological polar surface area (TPSA) is 47.3 Å². The van der Waals surface area contributed by atoms with Crippen molar-refractivity contribution in [1.82, 2.24) is 5.32 Å². The monoisotopic (exact) mass is 226 g/mol. The highest BCUT2D eigenvalue weighted by Crippen LogP contribution is 2.28. The summed E-state index contributed by atoms with van der Waals surface area (Å²) in [4.78, 5) is 0. The molecule has 2 rings (SSSR count). The third-order valence-electron chi connectivity index (χ3n) is 3.66. The van der Waals surface area contributed by atoms with E-state index in [0.717, 1.165) is 38.5 Å². The number of rotatable bonds is 7. The Hall–Kier alpha value is -0.120. The standard InChI is InChI=1S/C13H26N2O/c14-12-3-1-4-13(9-12)15-7-2-8-16-10-11-5-6-11/h11-13,15H,1-10,14H2. The SMILES string of the molecule is NC1CCCC(NCCCOCC2CC2)C1. The molecule has 0 heterocycles. The van der Waals surface area contributed by atoms with Crippen molar-refractivity contribution in [1.29, 1.82) is 0 Å². The van der Waals surface area contributed by atoms with Crippen molar-refractivity contribution in [3.63, 3.8) is 0 Å². The summed E-state index contributed by atoms with van der Waals surface area (Å²) in [5, 5.41) is 3.60. The van der Waals surface area contributed by atoms with Gasteiger partial charge in [-0.3, -0.25) is 0 Å². The highest BCUT2D eigenvalue weighted by atomic mass is 16.5. The summed E-state index contributed by atoms with van der Waals surface area (Å²) < 4.78 is 5.60. The minimum Gasteiger partial charge on any atom is -0.381 e. The lowest BCUT2D eigenvalue weighted by Gasteiger charge is -2.27. The first-order valence-electron chi connectivity index (χ1n) is 6.91. The maximum atomic E-state index is 5.95. The molecule has 0 aromatic rings. The molecule has 3 heteroatoms. The lowest BCUT2D eigenvalue weighted by atomic mass is 9.91. The molecule has 0 amide bonds. The van der Waals surface area contributed by atoms with Gasteiger partial charge in [0.2, 0.25) is 0 Å². The summed E-state index contributed by atoms with van der Waals surface area (Å²) in [7, 11) is 0. The van der Waals surface area contributed by atoms with Gasteiger partial charge in [-0.25, -0.2) is 0 Å². The van der Waals surface area contributed by atoms with Gasteiger partial charge >= 0.3 is 0 Å². The molecule has 2 fully saturated rings. The fraction of sp³-hybridized carbons (Fsp3) is 1.00. The largest absolute Gasteiger partial charge is 0.381 e. The third kappa shape index (κ3) is 4.81. The molecule has 3 N–H and O–H groups in total. The molecule has 0 aromatic heterocycles. The van der Waals surface area contributed by atoms with Crippen LogP contribution in [-0.2, 0) is 4.74 Å². The fourth-order valence-corrected chi connectivity index (χ4v) is 2.43. The maximum Gasteiger partial charge on any atom is 0.0494 e. The molecule has 0 radical (unpaired) electrons. The summed E-state index contributed by atoms with van der Waals surface area (Å²) in [6.07, 6.45) is 8.87. The van der Waals surface area contributed by atoms with Crippen LogP contribution in [0.3, 0.4) is 0 Å². The Kier molecular flexibility index (Phi) is 5.07. The molecule has 0 bridgehead atoms. The van der Waals surface area contributed by atoms with E-state index in [1.165, 1.54) is 32.1 Å². The number of nitrogens with two attached hydrogens (primary N) is 1. The molecule has 0 aliphatic heterocycles. The molecular formula is C13H26N2O. The van der Waals surface area contributed by atoms with Gasteiger partial charge < -0.3 is 15.8 Å². The van der Waals surface area contributed by atoms with Crippen LogP contribution in [0, 0.1) is 5.92 Å². The molecule has 2 atom stereocenters. The second kappa shape index (κ2) is 6.58. The summed E-state index contributed by atoms with van der Waals surface area (Å²) in [5.74, 6) is 0.893. The van der Waals surface area contributed by atoms with Crippen molar-refractivity contribution in [3.05, 3.63) is 0 Å². The van der Waals surface area contributed by atoms with Gasteiger partial charge in [0.1, 0.15) is 0 Å². The zero-order valence-corrected chi connectivity index (χ0v) is 10.3. The smallest absolute Gasteiger partial charge is 0.0494 e. The summed E-state index contributed by atoms with van der Waals surface area (Å²) in [5.41, 5.74) is 5.95. The molecule has 0 aromatic carbocycles. The zero-order valence-electron chi connectivity index (χ0n) is 10.3. The maximum absolute atomic E-state index is 5.95. The average Bonchev–Trinajstić information content (AvgIpc) is 3.07. The van der Waals surface area contributed by atoms with E-state index in [1.54, 1.807) is 0 Å². The van der Waals surface area contributed by atoms with Crippen LogP contribution in [0.4, 0.5) is 0 Å². The predicted octanol–water partition coefficient (Wildman–Crippen LogP) is 1.66. The second-order valence-corrected chi connectivity index (χ2v) is 5.45. The van der Waals surface area contributed by atoms with Crippen molar-refractivity contribution in [2.75, 3.05) is 19.8 Å². The Bertz CT molecular complexity index is 194. The minimum atomic E-state index is 0.428. The van der Waals surface area contributed by atoms with Crippen LogP contribution in [0.5, 0.6) is 0 Å². The van der Waals surface area contributed by atoms with Gasteiger partial charge in [0, 0.05) is 25.3 Å². The zero-order chi connectivity index (χ0) is 11.2. The summed E-state index contributed by atoms with van der Waals surface area (Å²) >= 11 is 0. The Morgan fingerprint density at radius 2 is 2.06 bits per heavy atom. The van der Waals surface area contributed by atoms with E-state index in [4.69, 9.17) is 10.5 Å². The normalized spacial score (nSPS) is 30.6. The molecule has 3 nitrogen and oxygen atoms in total. The minimum absolute atomic E-state index is 0.428. The van der Waals surface area contributed by atoms with E-state index in [2.05, 4.69) is 5.32 Å². The molecule has 16 heavy (non-hydrogen) atoms. The quantitative estimate of drug-likeness (QED) is 0.649. The molecule has 0 spiro atoms. The Labute approximate surface area is 99.1 Å². The van der Waals surface area contributed by atoms with Gasteiger partial charge in [0.15, 0.2) is 0 Å². The van der Waals surface area contributed by atoms with Crippen molar-refractivity contribution in [3.8, 4) is 0 Å². The van der Waals surface area contributed by atoms with E-state index in [9.17, 15) is 0 Å². The van der Waals surface area contributed by atoms with Crippen molar-refractivity contribution < 1.29 is 4.74 Å². The number of ether oxygens (including phenoxy) is 1. The Balaban J connectivity index is 1.41. The van der Waals surface area contributed by atoms with Crippen LogP contribution < -0.4 is 11.1 Å². The Morgan fingerprint density at radius 3 is 2.81 bits per heavy atom. The van der Waals surface area contributed by atoms with Crippen molar-refractivity contribution in [2.24, 2.45) is 11.7 Å².